The predicted octanol–water partition coefficient (Wildman–Crippen LogP) is 4.09. The normalized spacial score (nSPS) is 12.5. The fraction of sp³-hybridized carbons (Fsp3) is 0.0500. The van der Waals surface area contributed by atoms with Gasteiger partial charge in [0.25, 0.3) is 0 Å². The van der Waals surface area contributed by atoms with E-state index in [-0.39, 0.29) is 0 Å². The van der Waals surface area contributed by atoms with Crippen LogP contribution in [0.3, 0.4) is 0 Å². The largest absolute Gasteiger partial charge is 0.398 e. The van der Waals surface area contributed by atoms with Crippen molar-refractivity contribution in [2.75, 3.05) is 11.5 Å². The SMILES string of the molecule is N#C/C(CSc1ccccc1N)=c1\[nH]c2cccc3cccc1c32. The summed E-state index contributed by atoms with van der Waals surface area (Å²) in [6, 6.07) is 22.5. The summed E-state index contributed by atoms with van der Waals surface area (Å²) in [7, 11) is 0. The van der Waals surface area contributed by atoms with Crippen molar-refractivity contribution in [3.8, 4) is 6.07 Å². The molecule has 4 rings (SSSR count). The summed E-state index contributed by atoms with van der Waals surface area (Å²) in [5, 5.41) is 14.1. The number of rotatable bonds is 3. The number of aromatic amines is 1. The number of benzene rings is 3. The van der Waals surface area contributed by atoms with Gasteiger partial charge in [-0.15, -0.1) is 11.8 Å². The molecule has 3 aromatic carbocycles. The van der Waals surface area contributed by atoms with Crippen molar-refractivity contribution in [1.29, 1.82) is 5.26 Å². The number of nitrogen functional groups attached to an aromatic ring is 1. The number of H-pyrrole nitrogens is 1. The Labute approximate surface area is 143 Å². The highest BCUT2D eigenvalue weighted by Crippen LogP contribution is 2.27. The van der Waals surface area contributed by atoms with Gasteiger partial charge in [-0.25, -0.2) is 0 Å². The first-order valence-electron chi connectivity index (χ1n) is 7.67. The molecule has 0 aliphatic carbocycles. The molecule has 0 atom stereocenters. The van der Waals surface area contributed by atoms with Gasteiger partial charge in [0.15, 0.2) is 0 Å². The molecule has 0 bridgehead atoms. The first-order valence-corrected chi connectivity index (χ1v) is 8.66. The van der Waals surface area contributed by atoms with E-state index >= 15 is 0 Å². The van der Waals surface area contributed by atoms with E-state index in [0.29, 0.717) is 5.75 Å². The minimum Gasteiger partial charge on any atom is -0.398 e. The van der Waals surface area contributed by atoms with Crippen molar-refractivity contribution in [3.05, 3.63) is 66.0 Å². The molecule has 4 aromatic rings. The molecule has 0 spiro atoms. The maximum atomic E-state index is 9.68. The van der Waals surface area contributed by atoms with Crippen molar-refractivity contribution >= 4 is 44.7 Å². The summed E-state index contributed by atoms with van der Waals surface area (Å²) in [5.41, 5.74) is 8.54. The summed E-state index contributed by atoms with van der Waals surface area (Å²) in [4.78, 5) is 4.42. The van der Waals surface area contributed by atoms with E-state index in [4.69, 9.17) is 5.73 Å². The second-order valence-corrected chi connectivity index (χ2v) is 6.64. The lowest BCUT2D eigenvalue weighted by atomic mass is 10.1. The number of para-hydroxylation sites is 1. The molecule has 0 saturated heterocycles. The molecule has 3 nitrogen and oxygen atoms in total. The Bertz CT molecular complexity index is 1130. The number of nitriles is 1. The summed E-state index contributed by atoms with van der Waals surface area (Å²) in [6.45, 7) is 0. The number of thioether (sulfide) groups is 1. The molecule has 0 radical (unpaired) electrons. The van der Waals surface area contributed by atoms with Crippen LogP contribution in [0.25, 0.3) is 27.2 Å². The van der Waals surface area contributed by atoms with Crippen molar-refractivity contribution < 1.29 is 0 Å². The first kappa shape index (κ1) is 14.7. The van der Waals surface area contributed by atoms with Crippen LogP contribution in [0.1, 0.15) is 0 Å². The maximum absolute atomic E-state index is 9.68. The van der Waals surface area contributed by atoms with E-state index in [0.717, 1.165) is 32.4 Å². The van der Waals surface area contributed by atoms with Crippen LogP contribution in [-0.4, -0.2) is 10.7 Å². The van der Waals surface area contributed by atoms with Gasteiger partial charge in [-0.3, -0.25) is 0 Å². The van der Waals surface area contributed by atoms with E-state index in [1.807, 2.05) is 36.4 Å². The number of nitrogens with one attached hydrogen (secondary N) is 1. The van der Waals surface area contributed by atoms with Gasteiger partial charge in [0.2, 0.25) is 0 Å². The zero-order valence-electron chi connectivity index (χ0n) is 12.9. The molecular formula is C20H15N3S. The van der Waals surface area contributed by atoms with E-state index in [1.165, 1.54) is 10.8 Å². The molecule has 116 valence electrons. The summed E-state index contributed by atoms with van der Waals surface area (Å²) >= 11 is 1.59. The zero-order chi connectivity index (χ0) is 16.5. The number of aromatic nitrogens is 1. The van der Waals surface area contributed by atoms with Crippen molar-refractivity contribution in [2.45, 2.75) is 4.90 Å². The summed E-state index contributed by atoms with van der Waals surface area (Å²) in [5.74, 6) is 0.581. The molecule has 0 amide bonds. The third kappa shape index (κ3) is 2.40. The van der Waals surface area contributed by atoms with Gasteiger partial charge in [-0.05, 0) is 23.6 Å². The molecule has 3 N–H and O–H groups in total. The lowest BCUT2D eigenvalue weighted by molar-refractivity contribution is 1.36. The Kier molecular flexibility index (Phi) is 3.64. The number of nitrogens with two attached hydrogens (primary N) is 1. The Morgan fingerprint density at radius 2 is 1.83 bits per heavy atom. The van der Waals surface area contributed by atoms with Crippen LogP contribution < -0.4 is 11.1 Å². The molecule has 0 aliphatic heterocycles. The quantitative estimate of drug-likeness (QED) is 0.439. The molecule has 4 heteroatoms. The monoisotopic (exact) mass is 329 g/mol. The van der Waals surface area contributed by atoms with Gasteiger partial charge in [-0.1, -0.05) is 42.5 Å². The second kappa shape index (κ2) is 5.95. The smallest absolute Gasteiger partial charge is 0.0978 e. The highest BCUT2D eigenvalue weighted by molar-refractivity contribution is 7.99. The fourth-order valence-corrected chi connectivity index (χ4v) is 3.93. The highest BCUT2D eigenvalue weighted by Gasteiger charge is 2.10. The van der Waals surface area contributed by atoms with Crippen LogP contribution in [0.15, 0.2) is 65.6 Å². The second-order valence-electron chi connectivity index (χ2n) is 5.63. The lowest BCUT2D eigenvalue weighted by Crippen LogP contribution is -2.08. The third-order valence-corrected chi connectivity index (χ3v) is 5.28. The standard InChI is InChI=1S/C20H15N3S/c21-11-14(12-24-18-10-2-1-8-16(18)22)20-15-7-3-5-13-6-4-9-17(23-20)19(13)15/h1-10,23H,12,22H2/b20-14+. The average Bonchev–Trinajstić information content (AvgIpc) is 2.98. The Hall–Kier alpha value is -2.90. The van der Waals surface area contributed by atoms with Gasteiger partial charge >= 0.3 is 0 Å². The highest BCUT2D eigenvalue weighted by atomic mass is 32.2. The van der Waals surface area contributed by atoms with Crippen molar-refractivity contribution in [3.63, 3.8) is 0 Å². The van der Waals surface area contributed by atoms with Gasteiger partial charge in [0.05, 0.1) is 17.0 Å². The van der Waals surface area contributed by atoms with Gasteiger partial charge in [0, 0.05) is 32.6 Å². The van der Waals surface area contributed by atoms with Crippen LogP contribution in [0, 0.1) is 11.3 Å². The first-order chi connectivity index (χ1) is 11.8. The molecule has 0 aliphatic rings. The topological polar surface area (TPSA) is 65.6 Å². The third-order valence-electron chi connectivity index (χ3n) is 4.16. The number of hydrogen-bond donors (Lipinski definition) is 2. The van der Waals surface area contributed by atoms with Crippen LogP contribution in [-0.2, 0) is 0 Å². The van der Waals surface area contributed by atoms with Gasteiger partial charge < -0.3 is 10.7 Å². The van der Waals surface area contributed by atoms with E-state index < -0.39 is 0 Å². The Balaban J connectivity index is 1.85. The van der Waals surface area contributed by atoms with E-state index in [1.54, 1.807) is 11.8 Å². The predicted molar refractivity (Wildman–Crippen MR) is 102 cm³/mol. The summed E-state index contributed by atoms with van der Waals surface area (Å²) in [6.07, 6.45) is 0. The number of anilines is 1. The van der Waals surface area contributed by atoms with Gasteiger partial charge in [0.1, 0.15) is 0 Å². The molecule has 0 saturated carbocycles. The molecular weight excluding hydrogens is 314 g/mol. The van der Waals surface area contributed by atoms with Crippen LogP contribution in [0.5, 0.6) is 0 Å². The number of hydrogen-bond acceptors (Lipinski definition) is 3. The van der Waals surface area contributed by atoms with Crippen LogP contribution >= 0.6 is 11.8 Å². The molecule has 1 aromatic heterocycles. The summed E-state index contributed by atoms with van der Waals surface area (Å²) < 4.78 is 0. The fourth-order valence-electron chi connectivity index (χ4n) is 3.02. The average molecular weight is 329 g/mol. The molecule has 1 heterocycles. The Morgan fingerprint density at radius 3 is 2.62 bits per heavy atom. The molecule has 0 fully saturated rings. The zero-order valence-corrected chi connectivity index (χ0v) is 13.7. The minimum atomic E-state index is 0.581. The number of nitrogens with zero attached hydrogens (tertiary/aromatic N) is 1. The molecule has 24 heavy (non-hydrogen) atoms. The molecule has 0 unspecified atom stereocenters. The van der Waals surface area contributed by atoms with Gasteiger partial charge in [-0.2, -0.15) is 5.26 Å². The van der Waals surface area contributed by atoms with Crippen molar-refractivity contribution in [2.24, 2.45) is 0 Å². The van der Waals surface area contributed by atoms with Crippen LogP contribution in [0.4, 0.5) is 5.69 Å². The van der Waals surface area contributed by atoms with E-state index in [9.17, 15) is 5.26 Å². The van der Waals surface area contributed by atoms with E-state index in [2.05, 4.69) is 35.3 Å². The Morgan fingerprint density at radius 1 is 1.04 bits per heavy atom. The lowest BCUT2D eigenvalue weighted by Gasteiger charge is -2.03. The minimum absolute atomic E-state index is 0.581. The van der Waals surface area contributed by atoms with Crippen LogP contribution in [0.2, 0.25) is 0 Å². The maximum Gasteiger partial charge on any atom is 0.0978 e. The van der Waals surface area contributed by atoms with Crippen molar-refractivity contribution in [1.82, 2.24) is 4.98 Å².